The molecule has 0 N–H and O–H groups in total. The van der Waals surface area contributed by atoms with Crippen LogP contribution in [0.4, 0.5) is 0 Å². The predicted octanol–water partition coefficient (Wildman–Crippen LogP) is 5.38. The number of rotatable bonds is 2. The normalized spacial score (nSPS) is 22.7. The minimum absolute atomic E-state index is 0.375. The highest BCUT2D eigenvalue weighted by Crippen LogP contribution is 2.43. The number of benzene rings is 1. The third-order valence-corrected chi connectivity index (χ3v) is 4.95. The number of hydrogen-bond donors (Lipinski definition) is 0. The van der Waals surface area contributed by atoms with Crippen molar-refractivity contribution >= 4 is 22.6 Å². The van der Waals surface area contributed by atoms with E-state index in [4.69, 9.17) is 0 Å². The van der Waals surface area contributed by atoms with Gasteiger partial charge in [0.25, 0.3) is 0 Å². The minimum Gasteiger partial charge on any atom is -0.294 e. The number of hydrogen-bond acceptors (Lipinski definition) is 1. The summed E-state index contributed by atoms with van der Waals surface area (Å²) in [6.07, 6.45) is 11.2. The van der Waals surface area contributed by atoms with Gasteiger partial charge >= 0.3 is 0 Å². The fourth-order valence-corrected chi connectivity index (χ4v) is 3.99. The van der Waals surface area contributed by atoms with Crippen LogP contribution >= 0.6 is 22.6 Å². The maximum absolute atomic E-state index is 2.81. The van der Waals surface area contributed by atoms with Gasteiger partial charge in [0.05, 0.1) is 0 Å². The van der Waals surface area contributed by atoms with E-state index in [9.17, 15) is 0 Å². The van der Waals surface area contributed by atoms with Crippen LogP contribution in [0.5, 0.6) is 0 Å². The smallest absolute Gasteiger partial charge is 0.0460 e. The van der Waals surface area contributed by atoms with Crippen molar-refractivity contribution in [1.29, 1.82) is 0 Å². The van der Waals surface area contributed by atoms with E-state index < -0.39 is 0 Å². The van der Waals surface area contributed by atoms with Crippen LogP contribution in [-0.2, 0) is 5.54 Å². The van der Waals surface area contributed by atoms with Crippen molar-refractivity contribution < 1.29 is 0 Å². The van der Waals surface area contributed by atoms with E-state index in [0.29, 0.717) is 5.54 Å². The molecule has 1 aromatic carbocycles. The first-order valence-corrected chi connectivity index (χ1v) is 10.3. The molecular formula is C18H28IN. The monoisotopic (exact) mass is 385 g/mol. The van der Waals surface area contributed by atoms with Crippen LogP contribution in [0.25, 0.3) is 0 Å². The molecule has 1 nitrogen and oxygen atoms in total. The number of piperidine rings is 1. The first-order chi connectivity index (χ1) is 9.92. The van der Waals surface area contributed by atoms with Crippen molar-refractivity contribution in [2.24, 2.45) is 0 Å². The summed E-state index contributed by atoms with van der Waals surface area (Å²) in [5.74, 6) is 0. The highest BCUT2D eigenvalue weighted by atomic mass is 127. The van der Waals surface area contributed by atoms with E-state index in [2.05, 4.69) is 57.8 Å². The van der Waals surface area contributed by atoms with Gasteiger partial charge in [0.15, 0.2) is 0 Å². The van der Waals surface area contributed by atoms with Gasteiger partial charge in [0.2, 0.25) is 0 Å². The predicted molar refractivity (Wildman–Crippen MR) is 96.6 cm³/mol. The summed E-state index contributed by atoms with van der Waals surface area (Å²) in [7, 11) is 0. The van der Waals surface area contributed by atoms with Gasteiger partial charge in [-0.05, 0) is 49.3 Å². The molecule has 1 heterocycles. The van der Waals surface area contributed by atoms with Gasteiger partial charge in [-0.25, -0.2) is 0 Å². The van der Waals surface area contributed by atoms with Crippen LogP contribution in [0.2, 0.25) is 0 Å². The molecule has 0 unspecified atom stereocenters. The van der Waals surface area contributed by atoms with E-state index in [-0.39, 0.29) is 0 Å². The molecule has 2 aliphatic rings. The molecule has 2 heteroatoms. The molecule has 112 valence electrons. The molecule has 0 spiro atoms. The Morgan fingerprint density at radius 1 is 0.800 bits per heavy atom. The van der Waals surface area contributed by atoms with E-state index in [0.717, 1.165) is 0 Å². The minimum atomic E-state index is 0.375. The van der Waals surface area contributed by atoms with Gasteiger partial charge in [0, 0.05) is 5.54 Å². The Bertz CT molecular complexity index is 364. The second kappa shape index (κ2) is 8.38. The van der Waals surface area contributed by atoms with Crippen molar-refractivity contribution in [1.82, 2.24) is 4.90 Å². The summed E-state index contributed by atoms with van der Waals surface area (Å²) in [5, 5.41) is 0. The lowest BCUT2D eigenvalue weighted by Crippen LogP contribution is -2.49. The fraction of sp³-hybridized carbons (Fsp3) is 0.667. The molecule has 0 aromatic heterocycles. The van der Waals surface area contributed by atoms with Crippen molar-refractivity contribution in [3.05, 3.63) is 35.9 Å². The summed E-state index contributed by atoms with van der Waals surface area (Å²) in [5.41, 5.74) is 1.95. The second-order valence-corrected chi connectivity index (χ2v) is 6.01. The third kappa shape index (κ3) is 3.56. The van der Waals surface area contributed by atoms with E-state index in [1.54, 1.807) is 5.56 Å². The van der Waals surface area contributed by atoms with Gasteiger partial charge < -0.3 is 0 Å². The summed E-state index contributed by atoms with van der Waals surface area (Å²) < 4.78 is 0. The number of likely N-dealkylation sites (tertiary alicyclic amines) is 1. The zero-order valence-corrected chi connectivity index (χ0v) is 14.9. The van der Waals surface area contributed by atoms with Crippen molar-refractivity contribution in [3.8, 4) is 0 Å². The molecule has 2 fully saturated rings. The summed E-state index contributed by atoms with van der Waals surface area (Å²) >= 11 is 2.15. The lowest BCUT2D eigenvalue weighted by Gasteiger charge is -2.48. The van der Waals surface area contributed by atoms with Crippen LogP contribution in [0.1, 0.15) is 56.9 Å². The molecule has 0 amide bonds. The number of alkyl halides is 1. The topological polar surface area (TPSA) is 3.24 Å². The molecule has 1 saturated carbocycles. The Labute approximate surface area is 138 Å². The second-order valence-electron chi connectivity index (χ2n) is 6.01. The Morgan fingerprint density at radius 2 is 1.35 bits per heavy atom. The maximum Gasteiger partial charge on any atom is 0.0460 e. The Kier molecular flexibility index (Phi) is 6.82. The number of halogens is 1. The highest BCUT2D eigenvalue weighted by Gasteiger charge is 2.39. The molecule has 0 radical (unpaired) electrons. The summed E-state index contributed by atoms with van der Waals surface area (Å²) in [4.78, 5) is 4.78. The largest absolute Gasteiger partial charge is 0.294 e. The third-order valence-electron chi connectivity index (χ3n) is 4.95. The Balaban J connectivity index is 0.000000704. The van der Waals surface area contributed by atoms with Crippen LogP contribution in [0, 0.1) is 0 Å². The standard InChI is InChI=1S/C17H25N.CH3I/c1-4-10-16(11-5-1)17(12-6-2-7-13-17)18-14-8-3-9-15-18;1-2/h1,4-5,10-11H,2-3,6-9,12-15H2;1H3. The van der Waals surface area contributed by atoms with Crippen LogP contribution in [0.15, 0.2) is 30.3 Å². The van der Waals surface area contributed by atoms with Crippen molar-refractivity contribution in [3.63, 3.8) is 0 Å². The van der Waals surface area contributed by atoms with Crippen LogP contribution < -0.4 is 0 Å². The zero-order chi connectivity index (χ0) is 14.3. The lowest BCUT2D eigenvalue weighted by molar-refractivity contribution is 0.0303. The molecule has 3 rings (SSSR count). The molecule has 20 heavy (non-hydrogen) atoms. The maximum atomic E-state index is 2.81. The number of nitrogens with zero attached hydrogens (tertiary/aromatic N) is 1. The average molecular weight is 385 g/mol. The molecule has 0 atom stereocenters. The summed E-state index contributed by atoms with van der Waals surface area (Å²) in [6, 6.07) is 11.3. The van der Waals surface area contributed by atoms with Crippen molar-refractivity contribution in [2.45, 2.75) is 56.9 Å². The average Bonchev–Trinajstić information content (AvgIpc) is 2.59. The van der Waals surface area contributed by atoms with Gasteiger partial charge in [-0.1, -0.05) is 78.6 Å². The first-order valence-electron chi connectivity index (χ1n) is 8.10. The SMILES string of the molecule is CI.c1ccc(C2(N3CCCCC3)CCCCC2)cc1. The fourth-order valence-electron chi connectivity index (χ4n) is 3.99. The molecule has 1 aliphatic carbocycles. The van der Waals surface area contributed by atoms with Crippen LogP contribution in [-0.4, -0.2) is 22.9 Å². The van der Waals surface area contributed by atoms with Crippen LogP contribution in [0.3, 0.4) is 0 Å². The molecule has 0 bridgehead atoms. The first kappa shape index (κ1) is 16.3. The summed E-state index contributed by atoms with van der Waals surface area (Å²) in [6.45, 7) is 2.63. The van der Waals surface area contributed by atoms with E-state index in [1.807, 2.05) is 4.93 Å². The molecular weight excluding hydrogens is 357 g/mol. The Hall–Kier alpha value is -0.0900. The van der Waals surface area contributed by atoms with Crippen molar-refractivity contribution in [2.75, 3.05) is 18.0 Å². The van der Waals surface area contributed by atoms with Gasteiger partial charge in [-0.15, -0.1) is 0 Å². The van der Waals surface area contributed by atoms with Gasteiger partial charge in [-0.3, -0.25) is 4.90 Å². The quantitative estimate of drug-likeness (QED) is 0.488. The lowest BCUT2D eigenvalue weighted by atomic mass is 9.74. The molecule has 1 aliphatic heterocycles. The van der Waals surface area contributed by atoms with E-state index >= 15 is 0 Å². The Morgan fingerprint density at radius 3 is 1.95 bits per heavy atom. The zero-order valence-electron chi connectivity index (χ0n) is 12.8. The highest BCUT2D eigenvalue weighted by molar-refractivity contribution is 14.1. The molecule has 1 aromatic rings. The molecule has 1 saturated heterocycles. The van der Waals surface area contributed by atoms with Gasteiger partial charge in [0.1, 0.15) is 0 Å². The van der Waals surface area contributed by atoms with Gasteiger partial charge in [-0.2, -0.15) is 0 Å². The van der Waals surface area contributed by atoms with E-state index in [1.165, 1.54) is 64.5 Å².